The molecule has 0 aliphatic rings. The Kier molecular flexibility index (Phi) is 2.96. The lowest BCUT2D eigenvalue weighted by Gasteiger charge is -2.09. The fourth-order valence-corrected chi connectivity index (χ4v) is 2.87. The van der Waals surface area contributed by atoms with Crippen LogP contribution in [-0.4, -0.2) is 11.5 Å². The molecule has 0 bridgehead atoms. The molecule has 2 rings (SSSR count). The third-order valence-electron chi connectivity index (χ3n) is 2.47. The van der Waals surface area contributed by atoms with Gasteiger partial charge >= 0.3 is 0 Å². The Morgan fingerprint density at radius 1 is 1.53 bits per heavy atom. The number of rotatable bonds is 2. The Morgan fingerprint density at radius 2 is 2.27 bits per heavy atom. The zero-order valence-electron chi connectivity index (χ0n) is 8.75. The van der Waals surface area contributed by atoms with Gasteiger partial charge in [-0.15, -0.1) is 11.3 Å². The molecule has 80 valence electrons. The van der Waals surface area contributed by atoms with Gasteiger partial charge in [0.05, 0.1) is 15.2 Å². The number of fused-ring (bicyclic) bond motifs is 1. The van der Waals surface area contributed by atoms with Gasteiger partial charge < -0.3 is 5.73 Å². The molecule has 0 spiro atoms. The van der Waals surface area contributed by atoms with Crippen molar-refractivity contribution in [3.8, 4) is 0 Å². The number of aryl methyl sites for hydroxylation is 1. The van der Waals surface area contributed by atoms with Crippen LogP contribution in [0.4, 0.5) is 0 Å². The van der Waals surface area contributed by atoms with Crippen molar-refractivity contribution >= 4 is 33.2 Å². The van der Waals surface area contributed by atoms with Gasteiger partial charge in [-0.1, -0.05) is 18.5 Å². The monoisotopic (exact) mass is 240 g/mol. The van der Waals surface area contributed by atoms with Crippen molar-refractivity contribution in [2.75, 3.05) is 6.54 Å². The minimum atomic E-state index is 0.325. The van der Waals surface area contributed by atoms with Crippen LogP contribution in [0.15, 0.2) is 12.1 Å². The molecule has 0 aliphatic heterocycles. The first-order chi connectivity index (χ1) is 7.11. The van der Waals surface area contributed by atoms with E-state index in [1.807, 2.05) is 19.1 Å². The number of aromatic nitrogens is 1. The van der Waals surface area contributed by atoms with E-state index in [1.54, 1.807) is 11.3 Å². The Balaban J connectivity index is 2.70. The van der Waals surface area contributed by atoms with E-state index in [4.69, 9.17) is 17.3 Å². The highest BCUT2D eigenvalue weighted by atomic mass is 35.5. The molecule has 1 aromatic carbocycles. The van der Waals surface area contributed by atoms with Crippen LogP contribution in [0.1, 0.15) is 23.4 Å². The molecule has 0 saturated carbocycles. The summed E-state index contributed by atoms with van der Waals surface area (Å²) < 4.78 is 1.22. The van der Waals surface area contributed by atoms with E-state index in [1.165, 1.54) is 10.3 Å². The third-order valence-corrected chi connectivity index (χ3v) is 3.73. The molecule has 4 heteroatoms. The van der Waals surface area contributed by atoms with Crippen LogP contribution in [0.2, 0.25) is 5.02 Å². The molecule has 0 saturated heterocycles. The van der Waals surface area contributed by atoms with Gasteiger partial charge in [0.1, 0.15) is 0 Å². The number of halogens is 1. The minimum absolute atomic E-state index is 0.325. The second-order valence-corrected chi connectivity index (χ2v) is 5.35. The number of hydrogen-bond acceptors (Lipinski definition) is 3. The zero-order chi connectivity index (χ0) is 11.0. The molecule has 1 heterocycles. The van der Waals surface area contributed by atoms with Crippen molar-refractivity contribution < 1.29 is 0 Å². The molecule has 1 atom stereocenters. The van der Waals surface area contributed by atoms with Crippen LogP contribution >= 0.6 is 22.9 Å². The Labute approximate surface area is 98.1 Å². The number of thiazole rings is 1. The smallest absolute Gasteiger partial charge is 0.0907 e. The summed E-state index contributed by atoms with van der Waals surface area (Å²) in [6, 6.07) is 3.91. The van der Waals surface area contributed by atoms with E-state index in [-0.39, 0.29) is 0 Å². The van der Waals surface area contributed by atoms with Gasteiger partial charge in [-0.3, -0.25) is 0 Å². The third kappa shape index (κ3) is 2.00. The van der Waals surface area contributed by atoms with Crippen LogP contribution in [0, 0.1) is 6.92 Å². The van der Waals surface area contributed by atoms with Crippen molar-refractivity contribution in [2.24, 2.45) is 5.73 Å². The number of hydrogen-bond donors (Lipinski definition) is 1. The van der Waals surface area contributed by atoms with Gasteiger partial charge in [-0.25, -0.2) is 4.98 Å². The van der Waals surface area contributed by atoms with Crippen LogP contribution in [0.3, 0.4) is 0 Å². The maximum absolute atomic E-state index is 6.06. The predicted molar refractivity (Wildman–Crippen MR) is 66.8 cm³/mol. The molecule has 2 N–H and O–H groups in total. The molecule has 1 unspecified atom stereocenters. The van der Waals surface area contributed by atoms with E-state index >= 15 is 0 Å². The summed E-state index contributed by atoms with van der Waals surface area (Å²) in [7, 11) is 0. The molecule has 0 fully saturated rings. The fourth-order valence-electron chi connectivity index (χ4n) is 1.63. The van der Waals surface area contributed by atoms with Crippen LogP contribution in [0.25, 0.3) is 10.2 Å². The molecule has 0 radical (unpaired) electrons. The SMILES string of the molecule is Cc1nc2cc(Cl)cc(C(C)CN)c2s1. The molecule has 2 aromatic rings. The highest BCUT2D eigenvalue weighted by Crippen LogP contribution is 2.32. The first-order valence-corrected chi connectivity index (χ1v) is 6.08. The molecular formula is C11H13ClN2S. The molecule has 0 amide bonds. The highest BCUT2D eigenvalue weighted by Gasteiger charge is 2.12. The predicted octanol–water partition coefficient (Wildman–Crippen LogP) is 3.32. The standard InChI is InChI=1S/C11H13ClN2S/c1-6(5-13)9-3-8(12)4-10-11(9)15-7(2)14-10/h3-4,6H,5,13H2,1-2H3. The van der Waals surface area contributed by atoms with Crippen LogP contribution in [0.5, 0.6) is 0 Å². The van der Waals surface area contributed by atoms with Crippen molar-refractivity contribution in [3.05, 3.63) is 27.7 Å². The average Bonchev–Trinajstić information content (AvgIpc) is 2.55. The number of benzene rings is 1. The van der Waals surface area contributed by atoms with Crippen molar-refractivity contribution in [3.63, 3.8) is 0 Å². The Hall–Kier alpha value is -0.640. The summed E-state index contributed by atoms with van der Waals surface area (Å²) in [6.07, 6.45) is 0. The molecule has 0 aliphatic carbocycles. The maximum Gasteiger partial charge on any atom is 0.0907 e. The Morgan fingerprint density at radius 3 is 2.93 bits per heavy atom. The lowest BCUT2D eigenvalue weighted by atomic mass is 10.0. The second-order valence-electron chi connectivity index (χ2n) is 3.71. The van der Waals surface area contributed by atoms with Crippen LogP contribution in [-0.2, 0) is 0 Å². The van der Waals surface area contributed by atoms with Gasteiger partial charge in [0.2, 0.25) is 0 Å². The largest absolute Gasteiger partial charge is 0.330 e. The van der Waals surface area contributed by atoms with Gasteiger partial charge in [0.15, 0.2) is 0 Å². The highest BCUT2D eigenvalue weighted by molar-refractivity contribution is 7.18. The summed E-state index contributed by atoms with van der Waals surface area (Å²) in [5, 5.41) is 1.81. The summed E-state index contributed by atoms with van der Waals surface area (Å²) >= 11 is 7.76. The van der Waals surface area contributed by atoms with Crippen molar-refractivity contribution in [2.45, 2.75) is 19.8 Å². The fraction of sp³-hybridized carbons (Fsp3) is 0.364. The van der Waals surface area contributed by atoms with E-state index in [0.29, 0.717) is 12.5 Å². The molecule has 2 nitrogen and oxygen atoms in total. The van der Waals surface area contributed by atoms with E-state index < -0.39 is 0 Å². The van der Waals surface area contributed by atoms with Crippen molar-refractivity contribution in [1.82, 2.24) is 4.98 Å². The summed E-state index contributed by atoms with van der Waals surface area (Å²) in [5.74, 6) is 0.325. The first-order valence-electron chi connectivity index (χ1n) is 4.88. The Bertz CT molecular complexity index is 493. The van der Waals surface area contributed by atoms with E-state index in [2.05, 4.69) is 11.9 Å². The minimum Gasteiger partial charge on any atom is -0.330 e. The second kappa shape index (κ2) is 4.08. The van der Waals surface area contributed by atoms with Crippen LogP contribution < -0.4 is 5.73 Å². The molecule has 1 aromatic heterocycles. The van der Waals surface area contributed by atoms with Crippen molar-refractivity contribution in [1.29, 1.82) is 0 Å². The maximum atomic E-state index is 6.06. The van der Waals surface area contributed by atoms with Gasteiger partial charge in [0.25, 0.3) is 0 Å². The average molecular weight is 241 g/mol. The summed E-state index contributed by atoms with van der Waals surface area (Å²) in [6.45, 7) is 4.75. The van der Waals surface area contributed by atoms with Gasteiger partial charge in [-0.2, -0.15) is 0 Å². The van der Waals surface area contributed by atoms with E-state index in [9.17, 15) is 0 Å². The molecule has 15 heavy (non-hydrogen) atoms. The summed E-state index contributed by atoms with van der Waals surface area (Å²) in [5.41, 5.74) is 7.89. The number of nitrogens with two attached hydrogens (primary N) is 1. The first kappa shape index (κ1) is 10.9. The van der Waals surface area contributed by atoms with Gasteiger partial charge in [-0.05, 0) is 37.1 Å². The quantitative estimate of drug-likeness (QED) is 0.875. The van der Waals surface area contributed by atoms with Gasteiger partial charge in [0, 0.05) is 5.02 Å². The zero-order valence-corrected chi connectivity index (χ0v) is 10.3. The lowest BCUT2D eigenvalue weighted by Crippen LogP contribution is -2.08. The van der Waals surface area contributed by atoms with E-state index in [0.717, 1.165) is 15.5 Å². The normalized spacial score (nSPS) is 13.3. The molecular weight excluding hydrogens is 228 g/mol. The summed E-state index contributed by atoms with van der Waals surface area (Å²) in [4.78, 5) is 4.44. The topological polar surface area (TPSA) is 38.9 Å². The lowest BCUT2D eigenvalue weighted by molar-refractivity contribution is 0.782. The number of nitrogens with zero attached hydrogens (tertiary/aromatic N) is 1.